The van der Waals surface area contributed by atoms with Crippen molar-refractivity contribution < 1.29 is 24.9 Å². The molecule has 5 heteroatoms. The molecule has 4 fully saturated rings. The fourth-order valence-corrected chi connectivity index (χ4v) is 12.1. The summed E-state index contributed by atoms with van der Waals surface area (Å²) in [6.07, 6.45) is 5.96. The molecule has 15 unspecified atom stereocenters. The Hall–Kier alpha value is -0.650. The first kappa shape index (κ1) is 33.2. The van der Waals surface area contributed by atoms with Crippen molar-refractivity contribution in [2.45, 2.75) is 139 Å². The lowest BCUT2D eigenvalue weighted by Gasteiger charge is -2.72. The molecule has 0 aromatic heterocycles. The molecule has 0 bridgehead atoms. The number of carbonyl (C=O) groups excluding carboxylic acids is 1. The summed E-state index contributed by atoms with van der Waals surface area (Å²) in [6, 6.07) is 0. The molecular weight excluding hydrogens is 512 g/mol. The van der Waals surface area contributed by atoms with Gasteiger partial charge in [-0.25, -0.2) is 0 Å². The number of aliphatic hydroxyl groups excluding tert-OH is 3. The van der Waals surface area contributed by atoms with Crippen LogP contribution in [0.2, 0.25) is 0 Å². The molecule has 4 saturated carbocycles. The van der Waals surface area contributed by atoms with E-state index in [0.717, 1.165) is 44.9 Å². The Morgan fingerprint density at radius 2 is 1.71 bits per heavy atom. The predicted octanol–water partition coefficient (Wildman–Crippen LogP) is 7.11. The number of esters is 1. The first-order chi connectivity index (χ1) is 19.0. The third-order valence-corrected chi connectivity index (χ3v) is 14.1. The average Bonchev–Trinajstić information content (AvgIpc) is 2.85. The lowest BCUT2D eigenvalue weighted by Crippen LogP contribution is -2.70. The lowest BCUT2D eigenvalue weighted by atomic mass is 9.33. The summed E-state index contributed by atoms with van der Waals surface area (Å²) in [5, 5.41) is 35.3. The standard InChI is InChI=1S/C36H64O5/c1-11-12-15-41-28(38)14-13-25-16-26(20(2)3)27-18-34(8)19-35(9)17-21(4)29(24(7)37)33(40)36(35,10)23(6)31(34)32(39)30(27)22(25)5/h20-27,29-33,37,39-40H,11-19H2,1-10H3. The molecule has 0 saturated heterocycles. The van der Waals surface area contributed by atoms with Crippen molar-refractivity contribution in [1.82, 2.24) is 0 Å². The zero-order chi connectivity index (χ0) is 30.7. The van der Waals surface area contributed by atoms with E-state index in [1.54, 1.807) is 0 Å². The van der Waals surface area contributed by atoms with Crippen LogP contribution < -0.4 is 0 Å². The van der Waals surface area contributed by atoms with Crippen molar-refractivity contribution in [3.05, 3.63) is 0 Å². The van der Waals surface area contributed by atoms with E-state index in [0.29, 0.717) is 42.6 Å². The first-order valence-corrected chi connectivity index (χ1v) is 17.2. The summed E-state index contributed by atoms with van der Waals surface area (Å²) in [5.74, 6) is 2.77. The van der Waals surface area contributed by atoms with Crippen LogP contribution in [0.4, 0.5) is 0 Å². The van der Waals surface area contributed by atoms with Gasteiger partial charge in [0.05, 0.1) is 24.9 Å². The molecule has 5 nitrogen and oxygen atoms in total. The molecule has 41 heavy (non-hydrogen) atoms. The maximum atomic E-state index is 12.5. The van der Waals surface area contributed by atoms with Gasteiger partial charge in [0.25, 0.3) is 0 Å². The second-order valence-electron chi connectivity index (χ2n) is 16.7. The van der Waals surface area contributed by atoms with Gasteiger partial charge in [-0.15, -0.1) is 0 Å². The van der Waals surface area contributed by atoms with Gasteiger partial charge in [-0.2, -0.15) is 0 Å². The molecule has 3 N–H and O–H groups in total. The van der Waals surface area contributed by atoms with Crippen LogP contribution >= 0.6 is 0 Å². The van der Waals surface area contributed by atoms with Crippen LogP contribution in [0, 0.1) is 75.4 Å². The topological polar surface area (TPSA) is 87.0 Å². The lowest BCUT2D eigenvalue weighted by molar-refractivity contribution is -0.281. The quantitative estimate of drug-likeness (QED) is 0.212. The minimum Gasteiger partial charge on any atom is -0.466 e. The molecule has 238 valence electrons. The second kappa shape index (κ2) is 12.0. The van der Waals surface area contributed by atoms with E-state index in [9.17, 15) is 20.1 Å². The maximum Gasteiger partial charge on any atom is 0.305 e. The molecule has 0 radical (unpaired) electrons. The largest absolute Gasteiger partial charge is 0.466 e. The molecular formula is C36H64O5. The Morgan fingerprint density at radius 3 is 2.29 bits per heavy atom. The van der Waals surface area contributed by atoms with E-state index in [2.05, 4.69) is 62.3 Å². The number of ether oxygens (including phenoxy) is 1. The highest BCUT2D eigenvalue weighted by molar-refractivity contribution is 5.69. The summed E-state index contributed by atoms with van der Waals surface area (Å²) in [6.45, 7) is 23.2. The molecule has 0 heterocycles. The van der Waals surface area contributed by atoms with Gasteiger partial charge in [0, 0.05) is 17.8 Å². The van der Waals surface area contributed by atoms with Gasteiger partial charge < -0.3 is 20.1 Å². The first-order valence-electron chi connectivity index (χ1n) is 17.2. The number of hydrogen-bond acceptors (Lipinski definition) is 5. The number of rotatable bonds is 8. The zero-order valence-electron chi connectivity index (χ0n) is 28.0. The van der Waals surface area contributed by atoms with Crippen molar-refractivity contribution in [3.63, 3.8) is 0 Å². The van der Waals surface area contributed by atoms with Gasteiger partial charge in [0.15, 0.2) is 0 Å². The fraction of sp³-hybridized carbons (Fsp3) is 0.972. The summed E-state index contributed by atoms with van der Waals surface area (Å²) in [4.78, 5) is 12.5. The van der Waals surface area contributed by atoms with Crippen LogP contribution in [0.25, 0.3) is 0 Å². The van der Waals surface area contributed by atoms with E-state index in [-0.39, 0.29) is 51.8 Å². The van der Waals surface area contributed by atoms with E-state index < -0.39 is 18.3 Å². The van der Waals surface area contributed by atoms with E-state index >= 15 is 0 Å². The molecule has 0 aromatic rings. The number of unbranched alkanes of at least 4 members (excludes halogenated alkanes) is 1. The minimum atomic E-state index is -0.598. The van der Waals surface area contributed by atoms with Crippen molar-refractivity contribution >= 4 is 5.97 Å². The minimum absolute atomic E-state index is 0.00808. The predicted molar refractivity (Wildman–Crippen MR) is 165 cm³/mol. The van der Waals surface area contributed by atoms with Crippen molar-refractivity contribution in [2.24, 2.45) is 75.4 Å². The molecule has 0 amide bonds. The molecule has 4 aliphatic carbocycles. The van der Waals surface area contributed by atoms with Gasteiger partial charge in [-0.05, 0) is 110 Å². The fourth-order valence-electron chi connectivity index (χ4n) is 12.1. The molecule has 15 atom stereocenters. The maximum absolute atomic E-state index is 12.5. The van der Waals surface area contributed by atoms with Crippen LogP contribution in [0.5, 0.6) is 0 Å². The van der Waals surface area contributed by atoms with Crippen molar-refractivity contribution in [3.8, 4) is 0 Å². The highest BCUT2D eigenvalue weighted by atomic mass is 16.5. The van der Waals surface area contributed by atoms with E-state index in [1.165, 1.54) is 0 Å². The summed E-state index contributed by atoms with van der Waals surface area (Å²) in [5.41, 5.74) is -0.424. The number of hydrogen-bond donors (Lipinski definition) is 3. The number of fused-ring (bicyclic) bond motifs is 3. The summed E-state index contributed by atoms with van der Waals surface area (Å²) < 4.78 is 5.49. The third-order valence-electron chi connectivity index (χ3n) is 14.1. The van der Waals surface area contributed by atoms with E-state index in [1.807, 2.05) is 6.92 Å². The normalized spacial score (nSPS) is 50.4. The van der Waals surface area contributed by atoms with E-state index in [4.69, 9.17) is 4.74 Å². The molecule has 4 aliphatic rings. The number of carbonyl (C=O) groups is 1. The Bertz CT molecular complexity index is 918. The van der Waals surface area contributed by atoms with Gasteiger partial charge in [-0.3, -0.25) is 4.79 Å². The van der Waals surface area contributed by atoms with Crippen LogP contribution in [-0.2, 0) is 9.53 Å². The highest BCUT2D eigenvalue weighted by Crippen LogP contribution is 2.73. The Kier molecular flexibility index (Phi) is 9.76. The van der Waals surface area contributed by atoms with Crippen molar-refractivity contribution in [1.29, 1.82) is 0 Å². The summed E-state index contributed by atoms with van der Waals surface area (Å²) >= 11 is 0. The Morgan fingerprint density at radius 1 is 1.05 bits per heavy atom. The van der Waals surface area contributed by atoms with Crippen LogP contribution in [0.1, 0.15) is 121 Å². The van der Waals surface area contributed by atoms with Gasteiger partial charge in [-0.1, -0.05) is 68.7 Å². The second-order valence-corrected chi connectivity index (χ2v) is 16.7. The van der Waals surface area contributed by atoms with Gasteiger partial charge in [0.2, 0.25) is 0 Å². The third kappa shape index (κ3) is 5.45. The highest BCUT2D eigenvalue weighted by Gasteiger charge is 2.70. The van der Waals surface area contributed by atoms with Crippen LogP contribution in [-0.4, -0.2) is 46.2 Å². The van der Waals surface area contributed by atoms with Gasteiger partial charge in [0.1, 0.15) is 0 Å². The van der Waals surface area contributed by atoms with Crippen molar-refractivity contribution in [2.75, 3.05) is 6.61 Å². The SMILES string of the molecule is CCCCOC(=O)CCC1CC(C(C)C)C2CC3(C)CC4(C)CC(C)C(C(C)O)C(O)C4(C)C(C)C3C(O)C2C1C. The molecule has 0 aliphatic heterocycles. The Balaban J connectivity index is 1.64. The smallest absolute Gasteiger partial charge is 0.305 e. The molecule has 4 rings (SSSR count). The monoisotopic (exact) mass is 576 g/mol. The Labute approximate surface area is 251 Å². The average molecular weight is 577 g/mol. The number of aliphatic hydroxyl groups is 3. The molecule has 0 spiro atoms. The molecule has 0 aromatic carbocycles. The summed E-state index contributed by atoms with van der Waals surface area (Å²) in [7, 11) is 0. The van der Waals surface area contributed by atoms with Crippen LogP contribution in [0.15, 0.2) is 0 Å². The van der Waals surface area contributed by atoms with Crippen LogP contribution in [0.3, 0.4) is 0 Å². The van der Waals surface area contributed by atoms with Gasteiger partial charge >= 0.3 is 5.97 Å². The zero-order valence-corrected chi connectivity index (χ0v) is 28.0.